The van der Waals surface area contributed by atoms with E-state index in [0.717, 1.165) is 27.7 Å². The molecule has 0 saturated carbocycles. The second kappa shape index (κ2) is 9.06. The lowest BCUT2D eigenvalue weighted by atomic mass is 9.88. The highest BCUT2D eigenvalue weighted by Crippen LogP contribution is 2.33. The number of urea groups is 1. The van der Waals surface area contributed by atoms with Crippen molar-refractivity contribution in [1.29, 1.82) is 0 Å². The molecule has 0 aromatic heterocycles. The summed E-state index contributed by atoms with van der Waals surface area (Å²) in [5.41, 5.74) is 0.468. The molecule has 0 radical (unpaired) electrons. The van der Waals surface area contributed by atoms with Gasteiger partial charge in [-0.2, -0.15) is 0 Å². The summed E-state index contributed by atoms with van der Waals surface area (Å²) in [5.74, 6) is -0.434. The minimum atomic E-state index is -1.24. The highest BCUT2D eigenvalue weighted by Gasteiger charge is 2.50. The Morgan fingerprint density at radius 3 is 2.36 bits per heavy atom. The van der Waals surface area contributed by atoms with Crippen molar-refractivity contribution in [3.63, 3.8) is 0 Å². The molecule has 1 fully saturated rings. The van der Waals surface area contributed by atoms with Crippen LogP contribution >= 0.6 is 0 Å². The molecule has 0 spiro atoms. The molecule has 4 amide bonds. The van der Waals surface area contributed by atoms with Crippen molar-refractivity contribution >= 4 is 28.6 Å². The number of hydrogen-bond donors (Lipinski definition) is 2. The van der Waals surface area contributed by atoms with Gasteiger partial charge in [0.05, 0.1) is 6.04 Å². The van der Waals surface area contributed by atoms with Crippen molar-refractivity contribution < 1.29 is 14.4 Å². The summed E-state index contributed by atoms with van der Waals surface area (Å²) in [6.07, 6.45) is 0.754. The van der Waals surface area contributed by atoms with Crippen molar-refractivity contribution in [2.45, 2.75) is 38.8 Å². The average molecular weight is 444 g/mol. The number of rotatable bonds is 7. The van der Waals surface area contributed by atoms with Gasteiger partial charge in [-0.15, -0.1) is 0 Å². The summed E-state index contributed by atoms with van der Waals surface area (Å²) in [4.78, 5) is 40.1. The topological polar surface area (TPSA) is 78.5 Å². The average Bonchev–Trinajstić information content (AvgIpc) is 3.02. The molecule has 1 saturated heterocycles. The molecule has 3 aromatic carbocycles. The molecule has 33 heavy (non-hydrogen) atoms. The molecule has 1 aliphatic heterocycles. The fourth-order valence-corrected chi connectivity index (χ4v) is 4.50. The lowest BCUT2D eigenvalue weighted by Gasteiger charge is -2.24. The lowest BCUT2D eigenvalue weighted by Crippen LogP contribution is -2.44. The maximum atomic E-state index is 13.4. The van der Waals surface area contributed by atoms with Gasteiger partial charge in [-0.3, -0.25) is 14.5 Å². The zero-order valence-electron chi connectivity index (χ0n) is 19.2. The van der Waals surface area contributed by atoms with Crippen LogP contribution in [-0.2, 0) is 15.1 Å². The molecule has 6 heteroatoms. The fraction of sp³-hybridized carbons (Fsp3) is 0.296. The summed E-state index contributed by atoms with van der Waals surface area (Å²) in [6, 6.07) is 22.4. The van der Waals surface area contributed by atoms with E-state index in [1.54, 1.807) is 6.92 Å². The molecular weight excluding hydrogens is 414 g/mol. The Balaban J connectivity index is 1.54. The first-order valence-corrected chi connectivity index (χ1v) is 11.3. The van der Waals surface area contributed by atoms with E-state index in [0.29, 0.717) is 11.5 Å². The minimum absolute atomic E-state index is 0.191. The third kappa shape index (κ3) is 4.46. The van der Waals surface area contributed by atoms with E-state index in [9.17, 15) is 14.4 Å². The standard InChI is InChI=1S/C27H29N3O3/c1-18(2)16-23(20-11-5-4-6-12-20)28-24(31)17-30-25(32)27(3,29-26(30)33)22-15-9-13-19-10-7-8-14-21(19)22/h4-15,18,23H,16-17H2,1-3H3,(H,28,31)(H,29,33)/t23-,27-/m0/s1. The molecule has 1 aliphatic rings. The first-order valence-electron chi connectivity index (χ1n) is 11.3. The van der Waals surface area contributed by atoms with Crippen LogP contribution in [0, 0.1) is 5.92 Å². The normalized spacial score (nSPS) is 19.1. The molecule has 0 aliphatic carbocycles. The maximum Gasteiger partial charge on any atom is 0.325 e. The maximum absolute atomic E-state index is 13.4. The van der Waals surface area contributed by atoms with Crippen LogP contribution in [0.2, 0.25) is 0 Å². The van der Waals surface area contributed by atoms with Crippen LogP contribution in [0.15, 0.2) is 72.8 Å². The number of carbonyl (C=O) groups excluding carboxylic acids is 3. The third-order valence-electron chi connectivity index (χ3n) is 6.15. The van der Waals surface area contributed by atoms with Crippen LogP contribution in [0.4, 0.5) is 4.79 Å². The monoisotopic (exact) mass is 443 g/mol. The molecule has 6 nitrogen and oxygen atoms in total. The van der Waals surface area contributed by atoms with E-state index >= 15 is 0 Å². The van der Waals surface area contributed by atoms with E-state index in [4.69, 9.17) is 0 Å². The van der Waals surface area contributed by atoms with Gasteiger partial charge >= 0.3 is 6.03 Å². The molecule has 4 rings (SSSR count). The molecule has 3 aromatic rings. The van der Waals surface area contributed by atoms with Crippen molar-refractivity contribution in [2.24, 2.45) is 5.92 Å². The van der Waals surface area contributed by atoms with Gasteiger partial charge in [0.1, 0.15) is 12.1 Å². The Hall–Kier alpha value is -3.67. The fourth-order valence-electron chi connectivity index (χ4n) is 4.50. The number of hydrogen-bond acceptors (Lipinski definition) is 3. The third-order valence-corrected chi connectivity index (χ3v) is 6.15. The minimum Gasteiger partial charge on any atom is -0.348 e. The van der Waals surface area contributed by atoms with Crippen molar-refractivity contribution in [2.75, 3.05) is 6.54 Å². The Labute approximate surface area is 194 Å². The van der Waals surface area contributed by atoms with Gasteiger partial charge in [-0.1, -0.05) is 86.6 Å². The zero-order chi connectivity index (χ0) is 23.6. The summed E-state index contributed by atoms with van der Waals surface area (Å²) < 4.78 is 0. The largest absolute Gasteiger partial charge is 0.348 e. The molecular formula is C27H29N3O3. The highest BCUT2D eigenvalue weighted by atomic mass is 16.2. The van der Waals surface area contributed by atoms with Crippen LogP contribution in [0.3, 0.4) is 0 Å². The van der Waals surface area contributed by atoms with E-state index in [1.807, 2.05) is 72.8 Å². The molecule has 1 heterocycles. The summed E-state index contributed by atoms with van der Waals surface area (Å²) in [6.45, 7) is 5.55. The Morgan fingerprint density at radius 1 is 0.970 bits per heavy atom. The molecule has 2 atom stereocenters. The number of carbonyl (C=O) groups is 3. The van der Waals surface area contributed by atoms with E-state index in [1.165, 1.54) is 0 Å². The second-order valence-corrected chi connectivity index (χ2v) is 9.13. The van der Waals surface area contributed by atoms with E-state index < -0.39 is 17.5 Å². The van der Waals surface area contributed by atoms with E-state index in [2.05, 4.69) is 24.5 Å². The van der Waals surface area contributed by atoms with E-state index in [-0.39, 0.29) is 18.5 Å². The lowest BCUT2D eigenvalue weighted by molar-refractivity contribution is -0.135. The molecule has 0 unspecified atom stereocenters. The van der Waals surface area contributed by atoms with Gasteiger partial charge in [0, 0.05) is 0 Å². The number of nitrogens with zero attached hydrogens (tertiary/aromatic N) is 1. The first kappa shape index (κ1) is 22.5. The van der Waals surface area contributed by atoms with Crippen LogP contribution in [0.1, 0.15) is 44.4 Å². The smallest absolute Gasteiger partial charge is 0.325 e. The number of amides is 4. The number of benzene rings is 3. The molecule has 0 bridgehead atoms. The molecule has 170 valence electrons. The predicted molar refractivity (Wildman–Crippen MR) is 128 cm³/mol. The van der Waals surface area contributed by atoms with Crippen LogP contribution < -0.4 is 10.6 Å². The number of fused-ring (bicyclic) bond motifs is 1. The number of imide groups is 1. The predicted octanol–water partition coefficient (Wildman–Crippen LogP) is 4.51. The van der Waals surface area contributed by atoms with Gasteiger partial charge in [0.15, 0.2) is 0 Å². The first-order chi connectivity index (χ1) is 15.8. The summed E-state index contributed by atoms with van der Waals surface area (Å²) in [7, 11) is 0. The molecule has 2 N–H and O–H groups in total. The van der Waals surface area contributed by atoms with Crippen molar-refractivity contribution in [1.82, 2.24) is 15.5 Å². The summed E-state index contributed by atoms with van der Waals surface area (Å²) in [5, 5.41) is 7.71. The van der Waals surface area contributed by atoms with Gasteiger partial charge in [-0.05, 0) is 41.2 Å². The SMILES string of the molecule is CC(C)C[C@H](NC(=O)CN1C(=O)N[C@@](C)(c2cccc3ccccc23)C1=O)c1ccccc1. The summed E-state index contributed by atoms with van der Waals surface area (Å²) >= 11 is 0. The Morgan fingerprint density at radius 2 is 1.64 bits per heavy atom. The second-order valence-electron chi connectivity index (χ2n) is 9.13. The Bertz CT molecular complexity index is 1190. The van der Waals surface area contributed by atoms with Crippen molar-refractivity contribution in [3.05, 3.63) is 83.9 Å². The van der Waals surface area contributed by atoms with Gasteiger partial charge in [0.25, 0.3) is 5.91 Å². The zero-order valence-corrected chi connectivity index (χ0v) is 19.2. The van der Waals surface area contributed by atoms with Crippen LogP contribution in [-0.4, -0.2) is 29.3 Å². The number of nitrogens with one attached hydrogen (secondary N) is 2. The quantitative estimate of drug-likeness (QED) is 0.528. The van der Waals surface area contributed by atoms with Gasteiger partial charge in [-0.25, -0.2) is 4.79 Å². The van der Waals surface area contributed by atoms with Crippen LogP contribution in [0.5, 0.6) is 0 Å². The Kier molecular flexibility index (Phi) is 6.18. The van der Waals surface area contributed by atoms with Gasteiger partial charge in [0.2, 0.25) is 5.91 Å². The van der Waals surface area contributed by atoms with Gasteiger partial charge < -0.3 is 10.6 Å². The van der Waals surface area contributed by atoms with Crippen LogP contribution in [0.25, 0.3) is 10.8 Å². The highest BCUT2D eigenvalue weighted by molar-refractivity contribution is 6.10. The van der Waals surface area contributed by atoms with Crippen molar-refractivity contribution in [3.8, 4) is 0 Å².